The van der Waals surface area contributed by atoms with Crippen molar-refractivity contribution in [3.05, 3.63) is 75.2 Å². The molecule has 0 N–H and O–H groups in total. The molecule has 0 saturated heterocycles. The van der Waals surface area contributed by atoms with Gasteiger partial charge in [0.25, 0.3) is 0 Å². The monoisotopic (exact) mass is 305 g/mol. The fourth-order valence-corrected chi connectivity index (χ4v) is 4.87. The van der Waals surface area contributed by atoms with Gasteiger partial charge in [-0.2, -0.15) is 0 Å². The number of aryl methyl sites for hydroxylation is 6. The van der Waals surface area contributed by atoms with Gasteiger partial charge in [-0.1, -0.05) is 35.4 Å². The van der Waals surface area contributed by atoms with Crippen LogP contribution in [0.4, 0.5) is 0 Å². The van der Waals surface area contributed by atoms with Gasteiger partial charge in [0.1, 0.15) is 0 Å². The Morgan fingerprint density at radius 3 is 1.17 bits per heavy atom. The summed E-state index contributed by atoms with van der Waals surface area (Å²) in [7, 11) is 0. The molecule has 2 aromatic rings. The molecule has 2 unspecified atom stereocenters. The van der Waals surface area contributed by atoms with Crippen molar-refractivity contribution in [2.24, 2.45) is 0 Å². The molecule has 0 aliphatic heterocycles. The van der Waals surface area contributed by atoms with Crippen molar-refractivity contribution >= 4 is 0 Å². The second kappa shape index (κ2) is 6.15. The molecule has 1 saturated carbocycles. The summed E-state index contributed by atoms with van der Waals surface area (Å²) < 4.78 is 0. The zero-order chi connectivity index (χ0) is 16.7. The van der Waals surface area contributed by atoms with Crippen LogP contribution < -0.4 is 0 Å². The largest absolute Gasteiger partial charge is 0.0561 e. The van der Waals surface area contributed by atoms with E-state index in [9.17, 15) is 0 Å². The summed E-state index contributed by atoms with van der Waals surface area (Å²) in [6.07, 6.45) is 5.18. The van der Waals surface area contributed by atoms with Crippen molar-refractivity contribution in [2.45, 2.75) is 66.2 Å². The lowest BCUT2D eigenvalue weighted by atomic mass is 9.85. The molecule has 0 amide bonds. The van der Waals surface area contributed by atoms with Gasteiger partial charge >= 0.3 is 0 Å². The topological polar surface area (TPSA) is 0 Å². The lowest BCUT2D eigenvalue weighted by molar-refractivity contribution is 0.755. The molecule has 2 atom stereocenters. The summed E-state index contributed by atoms with van der Waals surface area (Å²) in [5, 5.41) is 0. The van der Waals surface area contributed by atoms with Crippen LogP contribution in [0.3, 0.4) is 0 Å². The number of hydrogen-bond acceptors (Lipinski definition) is 0. The maximum Gasteiger partial charge on any atom is -0.0119 e. The molecule has 3 rings (SSSR count). The standard InChI is InChI=1S/C23H29/c1-14-9-16(3)22(17(4)10-14)20-7-8-21(13-20)23-18(5)11-15(2)12-19(23)6/h9-13,20-21H,7-8H2,1-6H3. The van der Waals surface area contributed by atoms with Crippen LogP contribution in [0.5, 0.6) is 0 Å². The molecule has 2 aromatic carbocycles. The molecular formula is C23H29. The van der Waals surface area contributed by atoms with Gasteiger partial charge in [-0.3, -0.25) is 0 Å². The van der Waals surface area contributed by atoms with Crippen molar-refractivity contribution in [3.8, 4) is 0 Å². The predicted molar refractivity (Wildman–Crippen MR) is 100 cm³/mol. The molecule has 23 heavy (non-hydrogen) atoms. The average molecular weight is 305 g/mol. The normalized spacial score (nSPS) is 21.0. The fourth-order valence-electron chi connectivity index (χ4n) is 4.87. The molecule has 1 radical (unpaired) electrons. The Balaban J connectivity index is 1.91. The van der Waals surface area contributed by atoms with E-state index >= 15 is 0 Å². The number of rotatable bonds is 2. The molecule has 0 bridgehead atoms. The second-order valence-electron chi connectivity index (χ2n) is 7.61. The van der Waals surface area contributed by atoms with E-state index in [0.29, 0.717) is 11.8 Å². The summed E-state index contributed by atoms with van der Waals surface area (Å²) in [4.78, 5) is 0. The number of benzene rings is 2. The summed E-state index contributed by atoms with van der Waals surface area (Å²) in [5.74, 6) is 1.22. The molecule has 0 spiro atoms. The van der Waals surface area contributed by atoms with E-state index in [4.69, 9.17) is 0 Å². The Hall–Kier alpha value is -1.56. The predicted octanol–water partition coefficient (Wildman–Crippen LogP) is 6.40. The minimum atomic E-state index is 0.612. The molecular weight excluding hydrogens is 276 g/mol. The van der Waals surface area contributed by atoms with Gasteiger partial charge in [-0.25, -0.2) is 0 Å². The highest BCUT2D eigenvalue weighted by molar-refractivity contribution is 5.46. The average Bonchev–Trinajstić information content (AvgIpc) is 2.85. The Bertz CT molecular complexity index is 626. The molecule has 121 valence electrons. The van der Waals surface area contributed by atoms with E-state index in [1.54, 1.807) is 11.1 Å². The van der Waals surface area contributed by atoms with Crippen LogP contribution in [0.25, 0.3) is 0 Å². The van der Waals surface area contributed by atoms with Gasteiger partial charge in [-0.05, 0) is 106 Å². The Labute approximate surface area is 141 Å². The van der Waals surface area contributed by atoms with Gasteiger partial charge in [0.05, 0.1) is 0 Å². The first kappa shape index (κ1) is 16.3. The highest BCUT2D eigenvalue weighted by Crippen LogP contribution is 2.46. The Morgan fingerprint density at radius 2 is 0.870 bits per heavy atom. The first-order valence-electron chi connectivity index (χ1n) is 8.87. The minimum absolute atomic E-state index is 0.612. The summed E-state index contributed by atoms with van der Waals surface area (Å²) in [6.45, 7) is 13.5. The van der Waals surface area contributed by atoms with Crippen LogP contribution in [0.2, 0.25) is 0 Å². The van der Waals surface area contributed by atoms with Gasteiger partial charge in [0.15, 0.2) is 0 Å². The lowest BCUT2D eigenvalue weighted by Crippen LogP contribution is -2.04. The highest BCUT2D eigenvalue weighted by atomic mass is 14.3. The molecule has 0 heterocycles. The molecule has 0 aromatic heterocycles. The van der Waals surface area contributed by atoms with Crippen LogP contribution in [0.15, 0.2) is 24.3 Å². The third kappa shape index (κ3) is 3.09. The van der Waals surface area contributed by atoms with E-state index in [2.05, 4.69) is 72.2 Å². The Morgan fingerprint density at radius 1 is 0.565 bits per heavy atom. The summed E-state index contributed by atoms with van der Waals surface area (Å²) >= 11 is 0. The lowest BCUT2D eigenvalue weighted by Gasteiger charge is -2.20. The SMILES string of the molecule is Cc1cc(C)c(C2[CH]C(c3c(C)cc(C)cc3C)CC2)c(C)c1. The number of hydrogen-bond donors (Lipinski definition) is 0. The van der Waals surface area contributed by atoms with Crippen LogP contribution in [0.1, 0.15) is 69.2 Å². The molecule has 1 aliphatic carbocycles. The Kier molecular flexibility index (Phi) is 4.36. The second-order valence-corrected chi connectivity index (χ2v) is 7.61. The van der Waals surface area contributed by atoms with Crippen LogP contribution in [-0.2, 0) is 0 Å². The first-order chi connectivity index (χ1) is 10.9. The van der Waals surface area contributed by atoms with Crippen LogP contribution in [0, 0.1) is 48.0 Å². The summed E-state index contributed by atoms with van der Waals surface area (Å²) in [5.41, 5.74) is 11.7. The van der Waals surface area contributed by atoms with E-state index in [0.717, 1.165) is 0 Å². The highest BCUT2D eigenvalue weighted by Gasteiger charge is 2.30. The zero-order valence-corrected chi connectivity index (χ0v) is 15.5. The minimum Gasteiger partial charge on any atom is -0.0561 e. The first-order valence-corrected chi connectivity index (χ1v) is 8.87. The van der Waals surface area contributed by atoms with Gasteiger partial charge in [0.2, 0.25) is 0 Å². The van der Waals surface area contributed by atoms with Crippen molar-refractivity contribution in [3.63, 3.8) is 0 Å². The van der Waals surface area contributed by atoms with Crippen molar-refractivity contribution < 1.29 is 0 Å². The van der Waals surface area contributed by atoms with Gasteiger partial charge < -0.3 is 0 Å². The van der Waals surface area contributed by atoms with E-state index < -0.39 is 0 Å². The zero-order valence-electron chi connectivity index (χ0n) is 15.5. The van der Waals surface area contributed by atoms with Crippen molar-refractivity contribution in [1.82, 2.24) is 0 Å². The molecule has 0 heteroatoms. The maximum absolute atomic E-state index is 2.62. The third-order valence-corrected chi connectivity index (χ3v) is 5.47. The van der Waals surface area contributed by atoms with Crippen molar-refractivity contribution in [2.75, 3.05) is 0 Å². The van der Waals surface area contributed by atoms with Crippen molar-refractivity contribution in [1.29, 1.82) is 0 Å². The quantitative estimate of drug-likeness (QED) is 0.602. The molecule has 1 aliphatic rings. The van der Waals surface area contributed by atoms with Crippen LogP contribution in [-0.4, -0.2) is 0 Å². The molecule has 1 fully saturated rings. The molecule has 0 nitrogen and oxygen atoms in total. The van der Waals surface area contributed by atoms with Gasteiger partial charge in [0, 0.05) is 0 Å². The summed E-state index contributed by atoms with van der Waals surface area (Å²) in [6, 6.07) is 9.36. The van der Waals surface area contributed by atoms with E-state index in [-0.39, 0.29) is 0 Å². The van der Waals surface area contributed by atoms with E-state index in [1.165, 1.54) is 46.2 Å². The third-order valence-electron chi connectivity index (χ3n) is 5.47. The maximum atomic E-state index is 2.62. The van der Waals surface area contributed by atoms with E-state index in [1.807, 2.05) is 0 Å². The van der Waals surface area contributed by atoms with Crippen LogP contribution >= 0.6 is 0 Å². The fraction of sp³-hybridized carbons (Fsp3) is 0.435. The van der Waals surface area contributed by atoms with Gasteiger partial charge in [-0.15, -0.1) is 0 Å². The smallest absolute Gasteiger partial charge is 0.0119 e.